The quantitative estimate of drug-likeness (QED) is 0.254. The molecule has 2 N–H and O–H groups in total. The molecule has 0 unspecified atom stereocenters. The summed E-state index contributed by atoms with van der Waals surface area (Å²) >= 11 is 0. The van der Waals surface area contributed by atoms with Crippen molar-refractivity contribution in [1.82, 2.24) is 0 Å². The van der Waals surface area contributed by atoms with Crippen LogP contribution in [0.5, 0.6) is 0 Å². The number of carboxylic acid groups (broad SMARTS) is 2. The molecule has 0 aliphatic heterocycles. The van der Waals surface area contributed by atoms with Gasteiger partial charge in [0.25, 0.3) is 0 Å². The molecule has 0 aromatic heterocycles. The van der Waals surface area contributed by atoms with E-state index in [2.05, 4.69) is 0 Å². The molecule has 0 heterocycles. The number of hydrogen-bond donors (Lipinski definition) is 2. The molecule has 186 valence electrons. The average Bonchev–Trinajstić information content (AvgIpc) is 2.80. The number of aliphatic carboxylic acids is 2. The van der Waals surface area contributed by atoms with E-state index in [4.69, 9.17) is 19.7 Å². The summed E-state index contributed by atoms with van der Waals surface area (Å²) < 4.78 is 11.9. The molecule has 0 aromatic rings. The van der Waals surface area contributed by atoms with Gasteiger partial charge in [0.15, 0.2) is 0 Å². The molecular weight excluding hydrogens is 408 g/mol. The Bertz CT molecular complexity index is 460. The van der Waals surface area contributed by atoms with E-state index < -0.39 is 11.9 Å². The van der Waals surface area contributed by atoms with Crippen LogP contribution in [0.4, 0.5) is 0 Å². The minimum absolute atomic E-state index is 0.153. The van der Waals surface area contributed by atoms with Crippen molar-refractivity contribution in [3.8, 4) is 0 Å². The highest BCUT2D eigenvalue weighted by atomic mass is 16.5. The third-order valence-electron chi connectivity index (χ3n) is 7.29. The Hall–Kier alpha value is -1.14. The molecule has 2 saturated carbocycles. The lowest BCUT2D eigenvalue weighted by Gasteiger charge is -2.26. The summed E-state index contributed by atoms with van der Waals surface area (Å²) in [6, 6.07) is 0. The van der Waals surface area contributed by atoms with Gasteiger partial charge in [0.1, 0.15) is 0 Å². The van der Waals surface area contributed by atoms with E-state index in [1.165, 1.54) is 51.4 Å². The Kier molecular flexibility index (Phi) is 14.0. The predicted molar refractivity (Wildman–Crippen MR) is 125 cm³/mol. The van der Waals surface area contributed by atoms with Crippen LogP contribution in [0.25, 0.3) is 0 Å². The van der Waals surface area contributed by atoms with E-state index in [0.717, 1.165) is 77.4 Å². The smallest absolute Gasteiger partial charge is 0.306 e. The number of unbranched alkanes of at least 4 members (excludes halogenated alkanes) is 9. The van der Waals surface area contributed by atoms with Crippen LogP contribution in [-0.4, -0.2) is 47.6 Å². The van der Waals surface area contributed by atoms with Gasteiger partial charge in [0, 0.05) is 13.2 Å². The zero-order valence-electron chi connectivity index (χ0n) is 20.0. The Labute approximate surface area is 194 Å². The van der Waals surface area contributed by atoms with E-state index in [-0.39, 0.29) is 24.0 Å². The average molecular weight is 455 g/mol. The first-order valence-electron chi connectivity index (χ1n) is 13.2. The van der Waals surface area contributed by atoms with Gasteiger partial charge < -0.3 is 19.7 Å². The normalized spacial score (nSPS) is 26.1. The van der Waals surface area contributed by atoms with Gasteiger partial charge in [0.05, 0.1) is 24.0 Å². The second kappa shape index (κ2) is 16.5. The third-order valence-corrected chi connectivity index (χ3v) is 7.29. The topological polar surface area (TPSA) is 93.1 Å². The van der Waals surface area contributed by atoms with Crippen LogP contribution in [-0.2, 0) is 19.1 Å². The first kappa shape index (κ1) is 27.1. The zero-order valence-corrected chi connectivity index (χ0v) is 20.0. The Morgan fingerprint density at radius 1 is 0.500 bits per heavy atom. The number of carboxylic acids is 2. The second-order valence-electron chi connectivity index (χ2n) is 9.90. The molecule has 0 radical (unpaired) electrons. The van der Waals surface area contributed by atoms with Gasteiger partial charge in [-0.1, -0.05) is 51.4 Å². The van der Waals surface area contributed by atoms with Crippen molar-refractivity contribution in [1.29, 1.82) is 0 Å². The van der Waals surface area contributed by atoms with Crippen molar-refractivity contribution >= 4 is 11.9 Å². The molecule has 32 heavy (non-hydrogen) atoms. The fraction of sp³-hybridized carbons (Fsp3) is 0.923. The molecule has 0 bridgehead atoms. The van der Waals surface area contributed by atoms with E-state index >= 15 is 0 Å². The summed E-state index contributed by atoms with van der Waals surface area (Å²) in [5, 5.41) is 18.1. The minimum atomic E-state index is -0.647. The largest absolute Gasteiger partial charge is 0.481 e. The number of rotatable bonds is 17. The van der Waals surface area contributed by atoms with Crippen molar-refractivity contribution in [3.63, 3.8) is 0 Å². The fourth-order valence-electron chi connectivity index (χ4n) is 5.07. The molecule has 0 atom stereocenters. The van der Waals surface area contributed by atoms with E-state index in [1.807, 2.05) is 0 Å². The predicted octanol–water partition coefficient (Wildman–Crippen LogP) is 6.21. The van der Waals surface area contributed by atoms with Crippen molar-refractivity contribution in [2.45, 2.75) is 128 Å². The zero-order chi connectivity index (χ0) is 23.0. The van der Waals surface area contributed by atoms with Crippen LogP contribution in [0.3, 0.4) is 0 Å². The van der Waals surface area contributed by atoms with Gasteiger partial charge in [-0.25, -0.2) is 0 Å². The van der Waals surface area contributed by atoms with Gasteiger partial charge >= 0.3 is 11.9 Å². The molecule has 6 nitrogen and oxygen atoms in total. The first-order valence-corrected chi connectivity index (χ1v) is 13.2. The van der Waals surface area contributed by atoms with Gasteiger partial charge in [-0.05, 0) is 64.2 Å². The van der Waals surface area contributed by atoms with Gasteiger partial charge in [-0.3, -0.25) is 9.59 Å². The van der Waals surface area contributed by atoms with Gasteiger partial charge in [0.2, 0.25) is 0 Å². The third kappa shape index (κ3) is 11.6. The molecule has 2 rings (SSSR count). The fourth-order valence-corrected chi connectivity index (χ4v) is 5.07. The van der Waals surface area contributed by atoms with E-state index in [1.54, 1.807) is 0 Å². The Morgan fingerprint density at radius 2 is 0.781 bits per heavy atom. The van der Waals surface area contributed by atoms with Crippen molar-refractivity contribution in [2.24, 2.45) is 11.8 Å². The van der Waals surface area contributed by atoms with Crippen LogP contribution in [0.1, 0.15) is 116 Å². The van der Waals surface area contributed by atoms with Crippen molar-refractivity contribution < 1.29 is 29.3 Å². The Morgan fingerprint density at radius 3 is 1.06 bits per heavy atom. The highest BCUT2D eigenvalue weighted by Crippen LogP contribution is 2.27. The van der Waals surface area contributed by atoms with Gasteiger partial charge in [-0.2, -0.15) is 0 Å². The lowest BCUT2D eigenvalue weighted by Crippen LogP contribution is -2.26. The molecule has 2 aliphatic carbocycles. The van der Waals surface area contributed by atoms with E-state index in [9.17, 15) is 9.59 Å². The highest BCUT2D eigenvalue weighted by Gasteiger charge is 2.27. The van der Waals surface area contributed by atoms with Crippen molar-refractivity contribution in [2.75, 3.05) is 13.2 Å². The SMILES string of the molecule is O=C(O)C1CCC(OCCCCCCCCCCCCOC2CCC(C(=O)O)CC2)CC1. The monoisotopic (exact) mass is 454 g/mol. The van der Waals surface area contributed by atoms with Crippen LogP contribution in [0.2, 0.25) is 0 Å². The lowest BCUT2D eigenvalue weighted by molar-refractivity contribution is -0.144. The maximum absolute atomic E-state index is 11.0. The maximum Gasteiger partial charge on any atom is 0.306 e. The lowest BCUT2D eigenvalue weighted by atomic mass is 9.87. The van der Waals surface area contributed by atoms with Crippen LogP contribution in [0.15, 0.2) is 0 Å². The number of carbonyl (C=O) groups is 2. The second-order valence-corrected chi connectivity index (χ2v) is 9.90. The minimum Gasteiger partial charge on any atom is -0.481 e. The van der Waals surface area contributed by atoms with Gasteiger partial charge in [-0.15, -0.1) is 0 Å². The van der Waals surface area contributed by atoms with E-state index in [0.29, 0.717) is 0 Å². The summed E-state index contributed by atoms with van der Waals surface area (Å²) in [6.45, 7) is 1.65. The molecule has 0 aromatic carbocycles. The molecular formula is C26H46O6. The highest BCUT2D eigenvalue weighted by molar-refractivity contribution is 5.70. The summed E-state index contributed by atoms with van der Waals surface area (Å²) in [5.74, 6) is -1.60. The molecule has 2 fully saturated rings. The van der Waals surface area contributed by atoms with Crippen LogP contribution in [0, 0.1) is 11.8 Å². The molecule has 6 heteroatoms. The summed E-state index contributed by atoms with van der Waals surface area (Å²) in [6.07, 6.45) is 19.8. The van der Waals surface area contributed by atoms with Crippen LogP contribution < -0.4 is 0 Å². The van der Waals surface area contributed by atoms with Crippen LogP contribution >= 0.6 is 0 Å². The summed E-state index contributed by atoms with van der Waals surface area (Å²) in [4.78, 5) is 21.9. The number of ether oxygens (including phenoxy) is 2. The first-order chi connectivity index (χ1) is 15.6. The standard InChI is InChI=1S/C26H46O6/c27-25(28)21-11-15-23(16-12-21)31-19-9-7-5-3-1-2-4-6-8-10-20-32-24-17-13-22(14-18-24)26(29)30/h21-24H,1-20H2,(H,27,28)(H,29,30). The Balaban J connectivity index is 1.27. The molecule has 0 spiro atoms. The maximum atomic E-state index is 11.0. The summed E-state index contributed by atoms with van der Waals surface area (Å²) in [7, 11) is 0. The molecule has 0 amide bonds. The molecule has 2 aliphatic rings. The number of hydrogen-bond acceptors (Lipinski definition) is 4. The summed E-state index contributed by atoms with van der Waals surface area (Å²) in [5.41, 5.74) is 0. The molecule has 0 saturated heterocycles. The van der Waals surface area contributed by atoms with Crippen molar-refractivity contribution in [3.05, 3.63) is 0 Å².